The Balaban J connectivity index is 1.28. The fraction of sp³-hybridized carbons (Fsp3) is 0.379. The number of carbonyl (C=O) groups is 2. The molecule has 0 aliphatic heterocycles. The van der Waals surface area contributed by atoms with Crippen LogP contribution in [0.2, 0.25) is 5.02 Å². The molecular weight excluding hydrogens is 544 g/mol. The van der Waals surface area contributed by atoms with Crippen molar-refractivity contribution in [1.29, 1.82) is 0 Å². The van der Waals surface area contributed by atoms with Gasteiger partial charge in [-0.25, -0.2) is 15.8 Å². The van der Waals surface area contributed by atoms with Crippen molar-refractivity contribution in [3.05, 3.63) is 82.6 Å². The lowest BCUT2D eigenvalue weighted by molar-refractivity contribution is -0.153. The minimum Gasteiger partial charge on any atom is -0.466 e. The second kappa shape index (κ2) is 11.4. The van der Waals surface area contributed by atoms with Crippen molar-refractivity contribution in [1.82, 2.24) is 29.1 Å². The number of rotatable bonds is 11. The lowest BCUT2D eigenvalue weighted by Crippen LogP contribution is -2.32. The lowest BCUT2D eigenvalue weighted by Gasteiger charge is -2.23. The van der Waals surface area contributed by atoms with Crippen LogP contribution in [0.4, 0.5) is 0 Å². The summed E-state index contributed by atoms with van der Waals surface area (Å²) in [6.07, 6.45) is 11.6. The van der Waals surface area contributed by atoms with Gasteiger partial charge in [0.15, 0.2) is 0 Å². The second-order valence-corrected chi connectivity index (χ2v) is 11.5. The molecular formula is C29H35ClN8O3. The number of amides is 1. The second-order valence-electron chi connectivity index (χ2n) is 11.1. The van der Waals surface area contributed by atoms with Crippen molar-refractivity contribution in [3.63, 3.8) is 0 Å². The summed E-state index contributed by atoms with van der Waals surface area (Å²) in [5.41, 5.74) is 10.4. The first-order valence-corrected chi connectivity index (χ1v) is 14.0. The van der Waals surface area contributed by atoms with Crippen molar-refractivity contribution in [2.24, 2.45) is 17.0 Å². The number of pyridine rings is 2. The van der Waals surface area contributed by atoms with Crippen molar-refractivity contribution < 1.29 is 14.3 Å². The van der Waals surface area contributed by atoms with E-state index in [4.69, 9.17) is 32.9 Å². The number of hydrogen-bond acceptors (Lipinski definition) is 8. The van der Waals surface area contributed by atoms with E-state index in [0.29, 0.717) is 35.4 Å². The summed E-state index contributed by atoms with van der Waals surface area (Å²) in [7, 11) is 0. The van der Waals surface area contributed by atoms with Crippen LogP contribution in [0.1, 0.15) is 62.0 Å². The van der Waals surface area contributed by atoms with E-state index >= 15 is 0 Å². The van der Waals surface area contributed by atoms with Crippen LogP contribution in [0.5, 0.6) is 0 Å². The number of halogens is 1. The number of nitrogens with one attached hydrogen (secondary N) is 1. The number of carbonyl (C=O) groups excluding carboxylic acids is 2. The summed E-state index contributed by atoms with van der Waals surface area (Å²) in [5, 5.41) is 4.67. The third-order valence-electron chi connectivity index (χ3n) is 7.12. The van der Waals surface area contributed by atoms with Crippen LogP contribution in [-0.4, -0.2) is 42.3 Å². The fourth-order valence-corrected chi connectivity index (χ4v) is 5.01. The fourth-order valence-electron chi connectivity index (χ4n) is 4.85. The van der Waals surface area contributed by atoms with Crippen molar-refractivity contribution >= 4 is 34.6 Å². The number of hydrogen-bond donors (Lipinski definition) is 3. The zero-order valence-electron chi connectivity index (χ0n) is 23.4. The Morgan fingerprint density at radius 2 is 2.05 bits per heavy atom. The third-order valence-corrected chi connectivity index (χ3v) is 7.35. The van der Waals surface area contributed by atoms with Crippen LogP contribution < -0.4 is 16.9 Å². The van der Waals surface area contributed by atoms with Gasteiger partial charge < -0.3 is 29.6 Å². The van der Waals surface area contributed by atoms with Gasteiger partial charge in [0.05, 0.1) is 48.3 Å². The number of hydrazine groups is 1. The molecule has 1 amide bonds. The average Bonchev–Trinajstić information content (AvgIpc) is 3.58. The van der Waals surface area contributed by atoms with Crippen LogP contribution >= 0.6 is 11.6 Å². The summed E-state index contributed by atoms with van der Waals surface area (Å²) >= 11 is 6.09. The molecule has 0 atom stereocenters. The molecule has 5 rings (SSSR count). The lowest BCUT2D eigenvalue weighted by atomic mass is 9.85. The highest BCUT2D eigenvalue weighted by Gasteiger charge is 2.32. The van der Waals surface area contributed by atoms with Crippen LogP contribution in [-0.2, 0) is 33.8 Å². The molecule has 4 aromatic heterocycles. The smallest absolute Gasteiger partial charge is 0.311 e. The SMILES string of the molecule is CCOC(=O)C(C)(C)Cc1cc(C2CC2)cn2cc(CN(N)/C=C(\N)C(=O)NCc3ncn4ccc(Cl)cc34)nc12. The predicted molar refractivity (Wildman–Crippen MR) is 155 cm³/mol. The molecule has 1 saturated carbocycles. The van der Waals surface area contributed by atoms with E-state index in [1.54, 1.807) is 24.7 Å². The maximum atomic E-state index is 12.7. The minimum atomic E-state index is -0.704. The van der Waals surface area contributed by atoms with Gasteiger partial charge in [0.1, 0.15) is 11.3 Å². The molecule has 0 aromatic carbocycles. The number of nitrogens with two attached hydrogens (primary N) is 2. The largest absolute Gasteiger partial charge is 0.466 e. The topological polar surface area (TPSA) is 145 Å². The van der Waals surface area contributed by atoms with Gasteiger partial charge >= 0.3 is 5.97 Å². The van der Waals surface area contributed by atoms with Gasteiger partial charge in [0, 0.05) is 29.8 Å². The Kier molecular flexibility index (Phi) is 7.92. The van der Waals surface area contributed by atoms with Gasteiger partial charge in [0.2, 0.25) is 0 Å². The molecule has 11 nitrogen and oxygen atoms in total. The van der Waals surface area contributed by atoms with Gasteiger partial charge in [-0.15, -0.1) is 0 Å². The maximum absolute atomic E-state index is 12.7. The van der Waals surface area contributed by atoms with E-state index in [1.165, 1.54) is 16.8 Å². The first-order valence-electron chi connectivity index (χ1n) is 13.6. The van der Waals surface area contributed by atoms with E-state index < -0.39 is 11.3 Å². The molecule has 4 heterocycles. The third kappa shape index (κ3) is 6.47. The Bertz CT molecular complexity index is 1640. The molecule has 0 bridgehead atoms. The van der Waals surface area contributed by atoms with Crippen LogP contribution in [0, 0.1) is 5.41 Å². The monoisotopic (exact) mass is 578 g/mol. The summed E-state index contributed by atoms with van der Waals surface area (Å²) in [6.45, 7) is 6.32. The molecule has 5 N–H and O–H groups in total. The first kappa shape index (κ1) is 28.4. The molecule has 0 spiro atoms. The molecule has 0 saturated heterocycles. The number of imidazole rings is 2. The molecule has 0 radical (unpaired) electrons. The predicted octanol–water partition coefficient (Wildman–Crippen LogP) is 3.44. The summed E-state index contributed by atoms with van der Waals surface area (Å²) in [6, 6.07) is 5.70. The standard InChI is InChI=1S/C29H35ClN8O3/c1-4-41-28(40)29(2,3)11-19-9-20(18-5-6-18)13-37-14-22(35-26(19)37)15-38(32)16-23(31)27(39)33-12-24-25-10-21(30)7-8-36(25)17-34-24/h7-10,13-14,16-18H,4-6,11-12,15,31-32H2,1-3H3,(H,33,39)/b23-16-. The summed E-state index contributed by atoms with van der Waals surface area (Å²) in [5.74, 6) is 6.02. The van der Waals surface area contributed by atoms with Crippen LogP contribution in [0.25, 0.3) is 11.2 Å². The molecule has 4 aromatic rings. The molecule has 1 fully saturated rings. The number of aromatic nitrogens is 4. The van der Waals surface area contributed by atoms with E-state index in [2.05, 4.69) is 22.6 Å². The normalized spacial score (nSPS) is 14.0. The Hall–Kier alpha value is -4.09. The highest BCUT2D eigenvalue weighted by atomic mass is 35.5. The Labute approximate surface area is 243 Å². The summed E-state index contributed by atoms with van der Waals surface area (Å²) in [4.78, 5) is 34.4. The van der Waals surface area contributed by atoms with Gasteiger partial charge in [-0.1, -0.05) is 17.7 Å². The first-order chi connectivity index (χ1) is 19.5. The minimum absolute atomic E-state index is 0.0503. The van der Waals surface area contributed by atoms with Crippen molar-refractivity contribution in [2.75, 3.05) is 6.61 Å². The van der Waals surface area contributed by atoms with Gasteiger partial charge in [-0.2, -0.15) is 0 Å². The molecule has 1 aliphatic carbocycles. The van der Waals surface area contributed by atoms with E-state index in [-0.39, 0.29) is 24.8 Å². The molecule has 41 heavy (non-hydrogen) atoms. The zero-order chi connectivity index (χ0) is 29.3. The van der Waals surface area contributed by atoms with Crippen molar-refractivity contribution in [2.45, 2.75) is 59.0 Å². The van der Waals surface area contributed by atoms with E-state index in [0.717, 1.165) is 29.6 Å². The van der Waals surface area contributed by atoms with Crippen LogP contribution in [0.15, 0.2) is 55.0 Å². The number of fused-ring (bicyclic) bond motifs is 2. The zero-order valence-corrected chi connectivity index (χ0v) is 24.2. The molecule has 216 valence electrons. The van der Waals surface area contributed by atoms with Gasteiger partial charge in [0.25, 0.3) is 5.91 Å². The molecule has 12 heteroatoms. The maximum Gasteiger partial charge on any atom is 0.311 e. The number of ether oxygens (including phenoxy) is 1. The van der Waals surface area contributed by atoms with Crippen LogP contribution in [0.3, 0.4) is 0 Å². The van der Waals surface area contributed by atoms with E-state index in [9.17, 15) is 9.59 Å². The molecule has 0 unspecified atom stereocenters. The Morgan fingerprint density at radius 1 is 1.27 bits per heavy atom. The highest BCUT2D eigenvalue weighted by molar-refractivity contribution is 6.30. The summed E-state index contributed by atoms with van der Waals surface area (Å²) < 4.78 is 9.12. The molecule has 1 aliphatic rings. The number of nitrogens with zero attached hydrogens (tertiary/aromatic N) is 5. The van der Waals surface area contributed by atoms with E-state index in [1.807, 2.05) is 35.8 Å². The van der Waals surface area contributed by atoms with Crippen molar-refractivity contribution in [3.8, 4) is 0 Å². The quantitative estimate of drug-likeness (QED) is 0.106. The highest BCUT2D eigenvalue weighted by Crippen LogP contribution is 2.41. The van der Waals surface area contributed by atoms with Gasteiger partial charge in [-0.3, -0.25) is 9.59 Å². The Morgan fingerprint density at radius 3 is 2.78 bits per heavy atom. The average molecular weight is 579 g/mol. The number of esters is 1. The van der Waals surface area contributed by atoms with Gasteiger partial charge in [-0.05, 0) is 69.2 Å².